The van der Waals surface area contributed by atoms with E-state index in [9.17, 15) is 0 Å². The summed E-state index contributed by atoms with van der Waals surface area (Å²) in [6, 6.07) is 6.78. The molecule has 1 aromatic carbocycles. The molecule has 0 saturated carbocycles. The van der Waals surface area contributed by atoms with Crippen LogP contribution in [-0.4, -0.2) is 11.6 Å². The summed E-state index contributed by atoms with van der Waals surface area (Å²) < 4.78 is 5.53. The number of fused-ring (bicyclic) bond motifs is 1. The number of ether oxygens (including phenoxy) is 1. The monoisotopic (exact) mass is 288 g/mol. The van der Waals surface area contributed by atoms with Crippen molar-refractivity contribution in [3.63, 3.8) is 0 Å². The molecule has 0 aliphatic carbocycles. The van der Waals surface area contributed by atoms with Gasteiger partial charge in [0.05, 0.1) is 12.6 Å². The van der Waals surface area contributed by atoms with E-state index < -0.39 is 0 Å². The zero-order chi connectivity index (χ0) is 13.9. The van der Waals surface area contributed by atoms with E-state index in [-0.39, 0.29) is 0 Å². The van der Waals surface area contributed by atoms with E-state index in [0.717, 1.165) is 31.7 Å². The Morgan fingerprint density at radius 2 is 2.35 bits per heavy atom. The van der Waals surface area contributed by atoms with Gasteiger partial charge in [-0.3, -0.25) is 0 Å². The molecule has 1 aliphatic rings. The summed E-state index contributed by atoms with van der Waals surface area (Å²) in [5.74, 6) is 1.05. The Balaban J connectivity index is 1.61. The second-order valence-corrected chi connectivity index (χ2v) is 6.31. The molecule has 0 fully saturated rings. The second-order valence-electron chi connectivity index (χ2n) is 5.16. The van der Waals surface area contributed by atoms with Gasteiger partial charge in [-0.1, -0.05) is 19.1 Å². The van der Waals surface area contributed by atoms with Gasteiger partial charge >= 0.3 is 0 Å². The molecule has 0 spiro atoms. The first-order valence-electron chi connectivity index (χ1n) is 7.19. The minimum atomic E-state index is 0.296. The van der Waals surface area contributed by atoms with Crippen LogP contribution in [0.1, 0.15) is 40.9 Å². The smallest absolute Gasteiger partial charge is 0.122 e. The SMILES string of the molecule is CCc1cnc(C(C)NCc2ccc3c(c2)CCO3)s1. The minimum absolute atomic E-state index is 0.296. The summed E-state index contributed by atoms with van der Waals surface area (Å²) >= 11 is 1.80. The van der Waals surface area contributed by atoms with Crippen LogP contribution in [0.2, 0.25) is 0 Å². The highest BCUT2D eigenvalue weighted by atomic mass is 32.1. The molecule has 20 heavy (non-hydrogen) atoms. The molecule has 0 amide bonds. The molecule has 106 valence electrons. The van der Waals surface area contributed by atoms with Crippen LogP contribution in [-0.2, 0) is 19.4 Å². The van der Waals surface area contributed by atoms with Crippen molar-refractivity contribution < 1.29 is 4.74 Å². The highest BCUT2D eigenvalue weighted by Gasteiger charge is 2.13. The fourth-order valence-electron chi connectivity index (χ4n) is 2.39. The number of hydrogen-bond acceptors (Lipinski definition) is 4. The molecule has 1 aromatic heterocycles. The molecular formula is C16H20N2OS. The zero-order valence-electron chi connectivity index (χ0n) is 12.0. The fourth-order valence-corrected chi connectivity index (χ4v) is 3.28. The molecule has 3 rings (SSSR count). The van der Waals surface area contributed by atoms with Crippen LogP contribution < -0.4 is 10.1 Å². The molecule has 2 aromatic rings. The van der Waals surface area contributed by atoms with Crippen LogP contribution in [0.4, 0.5) is 0 Å². The largest absolute Gasteiger partial charge is 0.493 e. The third-order valence-corrected chi connectivity index (χ3v) is 4.98. The molecule has 1 unspecified atom stereocenters. The van der Waals surface area contributed by atoms with E-state index in [0.29, 0.717) is 6.04 Å². The summed E-state index contributed by atoms with van der Waals surface area (Å²) in [5.41, 5.74) is 2.65. The summed E-state index contributed by atoms with van der Waals surface area (Å²) in [7, 11) is 0. The molecule has 1 atom stereocenters. The number of aromatic nitrogens is 1. The first-order valence-corrected chi connectivity index (χ1v) is 8.00. The first-order chi connectivity index (χ1) is 9.76. The summed E-state index contributed by atoms with van der Waals surface area (Å²) in [6.07, 6.45) is 4.09. The van der Waals surface area contributed by atoms with E-state index in [2.05, 4.69) is 42.3 Å². The van der Waals surface area contributed by atoms with Gasteiger partial charge in [0.15, 0.2) is 0 Å². The molecule has 2 heterocycles. The summed E-state index contributed by atoms with van der Waals surface area (Å²) in [6.45, 7) is 6.04. The Labute approximate surface area is 124 Å². The number of hydrogen-bond donors (Lipinski definition) is 1. The van der Waals surface area contributed by atoms with Crippen molar-refractivity contribution in [2.24, 2.45) is 0 Å². The van der Waals surface area contributed by atoms with Crippen molar-refractivity contribution >= 4 is 11.3 Å². The van der Waals surface area contributed by atoms with Crippen LogP contribution in [0.15, 0.2) is 24.4 Å². The van der Waals surface area contributed by atoms with Crippen molar-refractivity contribution in [2.45, 2.75) is 39.3 Å². The van der Waals surface area contributed by atoms with E-state index >= 15 is 0 Å². The van der Waals surface area contributed by atoms with Crippen LogP contribution in [0.25, 0.3) is 0 Å². The molecule has 1 aliphatic heterocycles. The van der Waals surface area contributed by atoms with Gasteiger partial charge in [-0.2, -0.15) is 0 Å². The van der Waals surface area contributed by atoms with Gasteiger partial charge in [0, 0.05) is 24.0 Å². The minimum Gasteiger partial charge on any atom is -0.493 e. The van der Waals surface area contributed by atoms with Crippen LogP contribution in [0.3, 0.4) is 0 Å². The van der Waals surface area contributed by atoms with Crippen LogP contribution in [0, 0.1) is 0 Å². The van der Waals surface area contributed by atoms with Gasteiger partial charge in [-0.15, -0.1) is 11.3 Å². The lowest BCUT2D eigenvalue weighted by Gasteiger charge is -2.11. The molecule has 3 nitrogen and oxygen atoms in total. The standard InChI is InChI=1S/C16H20N2OS/c1-3-14-10-18-16(20-14)11(2)17-9-12-4-5-15-13(8-12)6-7-19-15/h4-5,8,10-11,17H,3,6-7,9H2,1-2H3. The van der Waals surface area contributed by atoms with Crippen molar-refractivity contribution in [3.8, 4) is 5.75 Å². The number of rotatable bonds is 5. The third kappa shape index (κ3) is 2.86. The van der Waals surface area contributed by atoms with Crippen molar-refractivity contribution in [1.82, 2.24) is 10.3 Å². The quantitative estimate of drug-likeness (QED) is 0.914. The topological polar surface area (TPSA) is 34.2 Å². The number of thiazole rings is 1. The summed E-state index contributed by atoms with van der Waals surface area (Å²) in [4.78, 5) is 5.84. The van der Waals surface area contributed by atoms with Crippen molar-refractivity contribution in [2.75, 3.05) is 6.61 Å². The highest BCUT2D eigenvalue weighted by Crippen LogP contribution is 2.26. The first kappa shape index (κ1) is 13.6. The Bertz CT molecular complexity index is 594. The van der Waals surface area contributed by atoms with Crippen molar-refractivity contribution in [3.05, 3.63) is 45.4 Å². The van der Waals surface area contributed by atoms with Crippen LogP contribution >= 0.6 is 11.3 Å². The lowest BCUT2D eigenvalue weighted by molar-refractivity contribution is 0.357. The van der Waals surface area contributed by atoms with E-state index in [1.165, 1.54) is 21.0 Å². The van der Waals surface area contributed by atoms with Gasteiger partial charge in [0.1, 0.15) is 10.8 Å². The van der Waals surface area contributed by atoms with Crippen molar-refractivity contribution in [1.29, 1.82) is 0 Å². The average Bonchev–Trinajstić information content (AvgIpc) is 3.12. The Kier molecular flexibility index (Phi) is 4.03. The third-order valence-electron chi connectivity index (χ3n) is 3.66. The normalized spacial score (nSPS) is 14.9. The zero-order valence-corrected chi connectivity index (χ0v) is 12.8. The number of nitrogens with one attached hydrogen (secondary N) is 1. The van der Waals surface area contributed by atoms with Crippen LogP contribution in [0.5, 0.6) is 5.75 Å². The van der Waals surface area contributed by atoms with E-state index in [1.54, 1.807) is 11.3 Å². The maximum atomic E-state index is 5.53. The lowest BCUT2D eigenvalue weighted by atomic mass is 10.1. The molecule has 4 heteroatoms. The van der Waals surface area contributed by atoms with Gasteiger partial charge < -0.3 is 10.1 Å². The molecule has 0 saturated heterocycles. The highest BCUT2D eigenvalue weighted by molar-refractivity contribution is 7.11. The second kappa shape index (κ2) is 5.94. The predicted octanol–water partition coefficient (Wildman–Crippen LogP) is 3.49. The maximum Gasteiger partial charge on any atom is 0.122 e. The molecule has 0 radical (unpaired) electrons. The Morgan fingerprint density at radius 3 is 3.15 bits per heavy atom. The molecular weight excluding hydrogens is 268 g/mol. The fraction of sp³-hybridized carbons (Fsp3) is 0.438. The number of benzene rings is 1. The maximum absolute atomic E-state index is 5.53. The van der Waals surface area contributed by atoms with Gasteiger partial charge in [0.2, 0.25) is 0 Å². The predicted molar refractivity (Wildman–Crippen MR) is 82.4 cm³/mol. The number of nitrogens with zero attached hydrogens (tertiary/aromatic N) is 1. The number of aryl methyl sites for hydroxylation is 1. The molecule has 0 bridgehead atoms. The van der Waals surface area contributed by atoms with E-state index in [4.69, 9.17) is 4.74 Å². The Hall–Kier alpha value is -1.39. The van der Waals surface area contributed by atoms with Gasteiger partial charge in [0.25, 0.3) is 0 Å². The lowest BCUT2D eigenvalue weighted by Crippen LogP contribution is -2.17. The van der Waals surface area contributed by atoms with Gasteiger partial charge in [-0.25, -0.2) is 4.98 Å². The average molecular weight is 288 g/mol. The van der Waals surface area contributed by atoms with E-state index in [1.807, 2.05) is 6.20 Å². The Morgan fingerprint density at radius 1 is 1.45 bits per heavy atom. The summed E-state index contributed by atoms with van der Waals surface area (Å²) in [5, 5.41) is 4.72. The van der Waals surface area contributed by atoms with Gasteiger partial charge in [-0.05, 0) is 30.5 Å². The molecule has 1 N–H and O–H groups in total.